The van der Waals surface area contributed by atoms with Crippen molar-refractivity contribution in [2.75, 3.05) is 47.6 Å². The van der Waals surface area contributed by atoms with Gasteiger partial charge >= 0.3 is 12.2 Å². The lowest BCUT2D eigenvalue weighted by atomic mass is 10.1. The normalized spacial score (nSPS) is 14.0. The number of hydrogen-bond acceptors (Lipinski definition) is 8. The maximum atomic E-state index is 12.5. The summed E-state index contributed by atoms with van der Waals surface area (Å²) < 4.78 is 21.6. The number of benzene rings is 1. The first kappa shape index (κ1) is 20.0. The van der Waals surface area contributed by atoms with Gasteiger partial charge in [-0.05, 0) is 44.3 Å². The zero-order valence-corrected chi connectivity index (χ0v) is 16.3. The van der Waals surface area contributed by atoms with Crippen LogP contribution >= 0.6 is 0 Å². The average Bonchev–Trinajstić information content (AvgIpc) is 3.00. The summed E-state index contributed by atoms with van der Waals surface area (Å²) in [6.45, 7) is 1.52. The van der Waals surface area contributed by atoms with E-state index in [1.54, 1.807) is 25.4 Å². The van der Waals surface area contributed by atoms with Gasteiger partial charge in [0.05, 0.1) is 12.6 Å². The molecule has 0 saturated carbocycles. The number of rotatable bonds is 7. The van der Waals surface area contributed by atoms with Crippen LogP contribution in [0, 0.1) is 0 Å². The van der Waals surface area contributed by atoms with E-state index in [4.69, 9.17) is 18.9 Å². The lowest BCUT2D eigenvalue weighted by Gasteiger charge is -2.25. The van der Waals surface area contributed by atoms with Crippen LogP contribution in [0.4, 0.5) is 9.59 Å². The van der Waals surface area contributed by atoms with Gasteiger partial charge in [0.15, 0.2) is 0 Å². The van der Waals surface area contributed by atoms with Gasteiger partial charge in [-0.3, -0.25) is 4.57 Å². The van der Waals surface area contributed by atoms with E-state index in [1.165, 1.54) is 4.57 Å². The Bertz CT molecular complexity index is 844. The summed E-state index contributed by atoms with van der Waals surface area (Å²) >= 11 is 0. The van der Waals surface area contributed by atoms with Gasteiger partial charge in [-0.15, -0.1) is 0 Å². The van der Waals surface area contributed by atoms with Crippen LogP contribution in [-0.4, -0.2) is 75.5 Å². The van der Waals surface area contributed by atoms with Crippen LogP contribution in [0.1, 0.15) is 5.56 Å². The number of aromatic nitrogens is 1. The maximum absolute atomic E-state index is 12.5. The SMILES string of the molecule is COc1ccc2c(c1)c(CCN(C)C)cn2C(=O)OCOC(=O)OC1CNC1. The smallest absolute Gasteiger partial charge is 0.497 e. The topological polar surface area (TPSA) is 91.3 Å². The van der Waals surface area contributed by atoms with Crippen molar-refractivity contribution in [3.8, 4) is 5.75 Å². The summed E-state index contributed by atoms with van der Waals surface area (Å²) in [5, 5.41) is 3.89. The number of nitrogens with zero attached hydrogens (tertiary/aromatic N) is 2. The van der Waals surface area contributed by atoms with E-state index in [0.717, 1.165) is 23.9 Å². The van der Waals surface area contributed by atoms with E-state index < -0.39 is 19.0 Å². The van der Waals surface area contributed by atoms with Crippen LogP contribution in [0.15, 0.2) is 24.4 Å². The first-order valence-corrected chi connectivity index (χ1v) is 9.02. The number of likely N-dealkylation sites (N-methyl/N-ethyl adjacent to an activating group) is 1. The van der Waals surface area contributed by atoms with Crippen molar-refractivity contribution >= 4 is 23.2 Å². The number of carbonyl (C=O) groups excluding carboxylic acids is 2. The van der Waals surface area contributed by atoms with Gasteiger partial charge in [0.1, 0.15) is 11.9 Å². The quantitative estimate of drug-likeness (QED) is 0.565. The van der Waals surface area contributed by atoms with E-state index in [2.05, 4.69) is 10.2 Å². The van der Waals surface area contributed by atoms with Crippen molar-refractivity contribution in [1.29, 1.82) is 0 Å². The highest BCUT2D eigenvalue weighted by atomic mass is 16.8. The molecule has 0 atom stereocenters. The first-order chi connectivity index (χ1) is 13.5. The van der Waals surface area contributed by atoms with E-state index in [1.807, 2.05) is 20.2 Å². The molecule has 152 valence electrons. The molecule has 1 fully saturated rings. The fraction of sp³-hybridized carbons (Fsp3) is 0.474. The molecule has 0 aliphatic carbocycles. The molecule has 2 aromatic rings. The Balaban J connectivity index is 1.68. The Labute approximate surface area is 163 Å². The van der Waals surface area contributed by atoms with Gasteiger partial charge < -0.3 is 29.2 Å². The largest absolute Gasteiger partial charge is 0.511 e. The Hall–Kier alpha value is -2.78. The number of nitrogens with one attached hydrogen (secondary N) is 1. The second kappa shape index (κ2) is 8.94. The number of methoxy groups -OCH3 is 1. The molecule has 1 aliphatic rings. The second-order valence-corrected chi connectivity index (χ2v) is 6.78. The van der Waals surface area contributed by atoms with Crippen LogP contribution in [0.25, 0.3) is 10.9 Å². The van der Waals surface area contributed by atoms with Crippen molar-refractivity contribution in [3.63, 3.8) is 0 Å². The lowest BCUT2D eigenvalue weighted by molar-refractivity contribution is -0.0378. The molecule has 0 spiro atoms. The molecule has 1 saturated heterocycles. The van der Waals surface area contributed by atoms with E-state index in [9.17, 15) is 9.59 Å². The van der Waals surface area contributed by atoms with Crippen molar-refractivity contribution in [2.24, 2.45) is 0 Å². The zero-order valence-electron chi connectivity index (χ0n) is 16.3. The summed E-state index contributed by atoms with van der Waals surface area (Å²) in [5.74, 6) is 0.710. The van der Waals surface area contributed by atoms with Gasteiger partial charge in [0.2, 0.25) is 6.79 Å². The lowest BCUT2D eigenvalue weighted by Crippen LogP contribution is -2.49. The number of fused-ring (bicyclic) bond motifs is 1. The van der Waals surface area contributed by atoms with Gasteiger partial charge in [-0.25, -0.2) is 9.59 Å². The molecule has 9 heteroatoms. The molecule has 1 aliphatic heterocycles. The fourth-order valence-electron chi connectivity index (χ4n) is 2.81. The highest BCUT2D eigenvalue weighted by molar-refractivity contribution is 5.92. The molecule has 0 amide bonds. The van der Waals surface area contributed by atoms with Gasteiger partial charge in [0, 0.05) is 31.2 Å². The third kappa shape index (κ3) is 4.73. The first-order valence-electron chi connectivity index (χ1n) is 9.02. The van der Waals surface area contributed by atoms with Crippen molar-refractivity contribution < 1.29 is 28.5 Å². The standard InChI is InChI=1S/C19H25N3O6/c1-21(2)7-6-13-11-22(17-5-4-14(25-3)8-16(13)17)18(23)26-12-27-19(24)28-15-9-20-10-15/h4-5,8,11,15,20H,6-7,9-10,12H2,1-3H3. The minimum Gasteiger partial charge on any atom is -0.497 e. The Morgan fingerprint density at radius 3 is 2.68 bits per heavy atom. The highest BCUT2D eigenvalue weighted by Crippen LogP contribution is 2.27. The van der Waals surface area contributed by atoms with Crippen LogP contribution in [0.3, 0.4) is 0 Å². The number of ether oxygens (including phenoxy) is 4. The van der Waals surface area contributed by atoms with Crippen LogP contribution < -0.4 is 10.1 Å². The fourth-order valence-corrected chi connectivity index (χ4v) is 2.81. The molecule has 1 N–H and O–H groups in total. The van der Waals surface area contributed by atoms with Crippen LogP contribution in [-0.2, 0) is 20.6 Å². The molecule has 2 heterocycles. The second-order valence-electron chi connectivity index (χ2n) is 6.78. The molecule has 1 aromatic heterocycles. The summed E-state index contributed by atoms with van der Waals surface area (Å²) in [7, 11) is 5.58. The van der Waals surface area contributed by atoms with Gasteiger partial charge in [0.25, 0.3) is 0 Å². The maximum Gasteiger partial charge on any atom is 0.511 e. The summed E-state index contributed by atoms with van der Waals surface area (Å²) in [4.78, 5) is 26.1. The monoisotopic (exact) mass is 391 g/mol. The summed E-state index contributed by atoms with van der Waals surface area (Å²) in [5.41, 5.74) is 1.69. The van der Waals surface area contributed by atoms with Crippen molar-refractivity contribution in [1.82, 2.24) is 14.8 Å². The minimum absolute atomic E-state index is 0.189. The summed E-state index contributed by atoms with van der Waals surface area (Å²) in [6, 6.07) is 5.47. The van der Waals surface area contributed by atoms with Crippen molar-refractivity contribution in [2.45, 2.75) is 12.5 Å². The predicted octanol–water partition coefficient (Wildman–Crippen LogP) is 1.82. The molecule has 9 nitrogen and oxygen atoms in total. The van der Waals surface area contributed by atoms with Gasteiger partial charge in [-0.2, -0.15) is 0 Å². The Morgan fingerprint density at radius 1 is 1.25 bits per heavy atom. The highest BCUT2D eigenvalue weighted by Gasteiger charge is 2.22. The number of carbonyl (C=O) groups is 2. The van der Waals surface area contributed by atoms with E-state index >= 15 is 0 Å². The van der Waals surface area contributed by atoms with Crippen LogP contribution in [0.2, 0.25) is 0 Å². The molecule has 28 heavy (non-hydrogen) atoms. The molecular weight excluding hydrogens is 366 g/mol. The Kier molecular flexibility index (Phi) is 6.37. The van der Waals surface area contributed by atoms with Crippen molar-refractivity contribution in [3.05, 3.63) is 30.0 Å². The minimum atomic E-state index is -0.854. The average molecular weight is 391 g/mol. The van der Waals surface area contributed by atoms with E-state index in [0.29, 0.717) is 24.4 Å². The predicted molar refractivity (Wildman–Crippen MR) is 102 cm³/mol. The Morgan fingerprint density at radius 2 is 2.04 bits per heavy atom. The molecule has 0 radical (unpaired) electrons. The zero-order chi connectivity index (χ0) is 20.1. The van der Waals surface area contributed by atoms with E-state index in [-0.39, 0.29) is 6.10 Å². The third-order valence-electron chi connectivity index (χ3n) is 4.49. The number of hydrogen-bond donors (Lipinski definition) is 1. The molecular formula is C19H25N3O6. The summed E-state index contributed by atoms with van der Waals surface area (Å²) in [6.07, 6.45) is 0.826. The third-order valence-corrected chi connectivity index (χ3v) is 4.49. The molecule has 1 aromatic carbocycles. The van der Waals surface area contributed by atoms with Crippen LogP contribution in [0.5, 0.6) is 5.75 Å². The van der Waals surface area contributed by atoms with Gasteiger partial charge in [-0.1, -0.05) is 0 Å². The molecule has 0 bridgehead atoms. The molecule has 3 rings (SSSR count). The molecule has 0 unspecified atom stereocenters.